The molecule has 4 aromatic rings. The predicted octanol–water partition coefficient (Wildman–Crippen LogP) is 4.83. The van der Waals surface area contributed by atoms with Gasteiger partial charge in [0.2, 0.25) is 0 Å². The van der Waals surface area contributed by atoms with Crippen molar-refractivity contribution in [3.05, 3.63) is 64.9 Å². The van der Waals surface area contributed by atoms with E-state index in [2.05, 4.69) is 38.4 Å². The summed E-state index contributed by atoms with van der Waals surface area (Å²) in [5.41, 5.74) is 4.33. The molecule has 1 saturated heterocycles. The normalized spacial score (nSPS) is 16.2. The van der Waals surface area contributed by atoms with Gasteiger partial charge in [0.15, 0.2) is 0 Å². The first-order valence-electron chi connectivity index (χ1n) is 10.7. The van der Waals surface area contributed by atoms with Crippen molar-refractivity contribution in [1.29, 1.82) is 0 Å². The van der Waals surface area contributed by atoms with Gasteiger partial charge < -0.3 is 9.84 Å². The van der Waals surface area contributed by atoms with Crippen LogP contribution in [0.3, 0.4) is 0 Å². The third-order valence-corrected chi connectivity index (χ3v) is 6.35. The molecule has 1 fully saturated rings. The Kier molecular flexibility index (Phi) is 7.31. The average molecular weight is 506 g/mol. The lowest BCUT2D eigenvalue weighted by atomic mass is 10.1. The number of methoxy groups -OCH3 is 1. The SMILES string of the molecule is COc1cccc(-c2ccc3c(C4CCCN4Cc4nccs4)nnn3c2)c1.O=C(O)C(F)(F)F. The zero-order chi connectivity index (χ0) is 25.0. The Labute approximate surface area is 202 Å². The molecule has 5 rings (SSSR count). The first-order valence-corrected chi connectivity index (χ1v) is 11.6. The molecule has 1 aliphatic heterocycles. The number of hydrogen-bond acceptors (Lipinski definition) is 7. The van der Waals surface area contributed by atoms with Crippen molar-refractivity contribution in [1.82, 2.24) is 24.7 Å². The van der Waals surface area contributed by atoms with Crippen molar-refractivity contribution in [2.45, 2.75) is 31.6 Å². The van der Waals surface area contributed by atoms with Crippen molar-refractivity contribution < 1.29 is 27.8 Å². The van der Waals surface area contributed by atoms with E-state index in [-0.39, 0.29) is 0 Å². The summed E-state index contributed by atoms with van der Waals surface area (Å²) in [5, 5.41) is 19.3. The van der Waals surface area contributed by atoms with Crippen LogP contribution < -0.4 is 4.74 Å². The molecule has 184 valence electrons. The highest BCUT2D eigenvalue weighted by Crippen LogP contribution is 2.35. The lowest BCUT2D eigenvalue weighted by Gasteiger charge is -2.21. The monoisotopic (exact) mass is 505 g/mol. The summed E-state index contributed by atoms with van der Waals surface area (Å²) in [6, 6.07) is 12.6. The van der Waals surface area contributed by atoms with Crippen LogP contribution in [-0.4, -0.2) is 55.6 Å². The molecule has 1 atom stereocenters. The lowest BCUT2D eigenvalue weighted by molar-refractivity contribution is -0.192. The van der Waals surface area contributed by atoms with Gasteiger partial charge in [-0.3, -0.25) is 4.90 Å². The Hall–Kier alpha value is -3.51. The number of carboxylic acids is 1. The van der Waals surface area contributed by atoms with Crippen molar-refractivity contribution >= 4 is 22.8 Å². The van der Waals surface area contributed by atoms with E-state index in [4.69, 9.17) is 14.6 Å². The van der Waals surface area contributed by atoms with Crippen molar-refractivity contribution in [3.63, 3.8) is 0 Å². The van der Waals surface area contributed by atoms with Crippen LogP contribution in [0.1, 0.15) is 29.6 Å². The van der Waals surface area contributed by atoms with Crippen LogP contribution in [0.4, 0.5) is 13.2 Å². The molecule has 1 aromatic carbocycles. The minimum Gasteiger partial charge on any atom is -0.497 e. The molecule has 1 N–H and O–H groups in total. The number of hydrogen-bond donors (Lipinski definition) is 1. The smallest absolute Gasteiger partial charge is 0.490 e. The summed E-state index contributed by atoms with van der Waals surface area (Å²) in [6.45, 7) is 1.95. The molecule has 4 heterocycles. The van der Waals surface area contributed by atoms with E-state index >= 15 is 0 Å². The molecule has 12 heteroatoms. The summed E-state index contributed by atoms with van der Waals surface area (Å²) >= 11 is 1.71. The van der Waals surface area contributed by atoms with Crippen molar-refractivity contribution in [2.75, 3.05) is 13.7 Å². The summed E-state index contributed by atoms with van der Waals surface area (Å²) < 4.78 is 39.0. The molecule has 1 unspecified atom stereocenters. The second-order valence-electron chi connectivity index (χ2n) is 7.81. The number of aromatic nitrogens is 4. The third-order valence-electron chi connectivity index (χ3n) is 5.59. The van der Waals surface area contributed by atoms with Gasteiger partial charge in [0.25, 0.3) is 0 Å². The van der Waals surface area contributed by atoms with Crippen LogP contribution in [0.25, 0.3) is 16.6 Å². The minimum absolute atomic E-state index is 0.295. The van der Waals surface area contributed by atoms with Gasteiger partial charge in [-0.25, -0.2) is 14.3 Å². The maximum absolute atomic E-state index is 10.6. The van der Waals surface area contributed by atoms with Gasteiger partial charge in [-0.15, -0.1) is 16.4 Å². The quantitative estimate of drug-likeness (QED) is 0.415. The summed E-state index contributed by atoms with van der Waals surface area (Å²) in [7, 11) is 1.69. The summed E-state index contributed by atoms with van der Waals surface area (Å²) in [6.07, 6.45) is 1.12. The number of nitrogens with zero attached hydrogens (tertiary/aromatic N) is 5. The number of alkyl halides is 3. The maximum Gasteiger partial charge on any atom is 0.490 e. The van der Waals surface area contributed by atoms with Gasteiger partial charge in [0.05, 0.1) is 25.2 Å². The third kappa shape index (κ3) is 5.77. The van der Waals surface area contributed by atoms with E-state index in [9.17, 15) is 13.2 Å². The topological polar surface area (TPSA) is 92.9 Å². The van der Waals surface area contributed by atoms with Gasteiger partial charge in [-0.2, -0.15) is 13.2 Å². The van der Waals surface area contributed by atoms with E-state index < -0.39 is 12.1 Å². The molecule has 0 aliphatic carbocycles. The molecule has 0 bridgehead atoms. The summed E-state index contributed by atoms with van der Waals surface area (Å²) in [4.78, 5) is 15.8. The maximum atomic E-state index is 10.6. The van der Waals surface area contributed by atoms with Crippen LogP contribution in [0.2, 0.25) is 0 Å². The van der Waals surface area contributed by atoms with Crippen molar-refractivity contribution in [2.24, 2.45) is 0 Å². The molecule has 0 amide bonds. The highest BCUT2D eigenvalue weighted by Gasteiger charge is 2.38. The fourth-order valence-electron chi connectivity index (χ4n) is 3.95. The summed E-state index contributed by atoms with van der Waals surface area (Å²) in [5.74, 6) is -1.91. The standard InChI is InChI=1S/C21H21N5OS.C2HF3O2/c1-27-17-5-2-4-15(12-17)16-7-8-19-21(23-24-26(19)13-16)18-6-3-10-25(18)14-20-22-9-11-28-20;3-2(4,5)1(6)7/h2,4-5,7-9,11-13,18H,3,6,10,14H2,1H3;(H,6,7). The van der Waals surface area contributed by atoms with Crippen LogP contribution in [0, 0.1) is 0 Å². The number of halogens is 3. The number of fused-ring (bicyclic) bond motifs is 1. The van der Waals surface area contributed by atoms with Crippen LogP contribution >= 0.6 is 11.3 Å². The molecule has 1 aliphatic rings. The van der Waals surface area contributed by atoms with Gasteiger partial charge in [0.1, 0.15) is 16.5 Å². The Morgan fingerprint density at radius 3 is 2.74 bits per heavy atom. The first kappa shape index (κ1) is 24.6. The van der Waals surface area contributed by atoms with E-state index in [1.54, 1.807) is 18.4 Å². The largest absolute Gasteiger partial charge is 0.497 e. The predicted molar refractivity (Wildman–Crippen MR) is 123 cm³/mol. The molecular formula is C23H22F3N5O3S. The van der Waals surface area contributed by atoms with Gasteiger partial charge >= 0.3 is 12.1 Å². The molecule has 0 radical (unpaired) electrons. The van der Waals surface area contributed by atoms with Crippen LogP contribution in [0.5, 0.6) is 5.75 Å². The zero-order valence-electron chi connectivity index (χ0n) is 18.6. The Morgan fingerprint density at radius 1 is 1.26 bits per heavy atom. The van der Waals surface area contributed by atoms with Gasteiger partial charge in [-0.1, -0.05) is 23.4 Å². The minimum atomic E-state index is -5.08. The van der Waals surface area contributed by atoms with Crippen LogP contribution in [0.15, 0.2) is 54.2 Å². The number of carboxylic acid groups (broad SMARTS) is 1. The van der Waals surface area contributed by atoms with Crippen LogP contribution in [-0.2, 0) is 11.3 Å². The molecule has 3 aromatic heterocycles. The number of aliphatic carboxylic acids is 1. The Balaban J connectivity index is 0.000000364. The number of carbonyl (C=O) groups is 1. The number of benzene rings is 1. The fraction of sp³-hybridized carbons (Fsp3) is 0.304. The molecule has 0 spiro atoms. The Bertz CT molecular complexity index is 1290. The second kappa shape index (κ2) is 10.4. The molecule has 35 heavy (non-hydrogen) atoms. The number of rotatable bonds is 5. The zero-order valence-corrected chi connectivity index (χ0v) is 19.5. The highest BCUT2D eigenvalue weighted by atomic mass is 32.1. The number of ether oxygens (including phenoxy) is 1. The highest BCUT2D eigenvalue weighted by molar-refractivity contribution is 7.09. The first-order chi connectivity index (χ1) is 16.8. The number of likely N-dealkylation sites (tertiary alicyclic amines) is 1. The van der Waals surface area contributed by atoms with Gasteiger partial charge in [-0.05, 0) is 43.1 Å². The van der Waals surface area contributed by atoms with Gasteiger partial charge in [0, 0.05) is 23.3 Å². The van der Waals surface area contributed by atoms with E-state index in [0.29, 0.717) is 6.04 Å². The Morgan fingerprint density at radius 2 is 2.06 bits per heavy atom. The lowest BCUT2D eigenvalue weighted by Crippen LogP contribution is -2.23. The number of pyridine rings is 1. The molecule has 8 nitrogen and oxygen atoms in total. The molecule has 0 saturated carbocycles. The fourth-order valence-corrected chi connectivity index (χ4v) is 4.60. The average Bonchev–Trinajstić information content (AvgIpc) is 3.60. The van der Waals surface area contributed by atoms with E-state index in [1.165, 1.54) is 6.42 Å². The van der Waals surface area contributed by atoms with E-state index in [1.807, 2.05) is 40.5 Å². The van der Waals surface area contributed by atoms with E-state index in [0.717, 1.165) is 52.6 Å². The number of thiazole rings is 1. The second-order valence-corrected chi connectivity index (χ2v) is 8.79. The van der Waals surface area contributed by atoms with Crippen molar-refractivity contribution in [3.8, 4) is 16.9 Å². The molecular weight excluding hydrogens is 483 g/mol.